The minimum Gasteiger partial charge on any atom is -0.426 e. The van der Waals surface area contributed by atoms with Crippen molar-refractivity contribution >= 4 is 11.8 Å². The Morgan fingerprint density at radius 1 is 0.808 bits per heavy atom. The molecule has 0 unspecified atom stereocenters. The Bertz CT molecular complexity index is 694. The Morgan fingerprint density at radius 3 is 1.96 bits per heavy atom. The minimum absolute atomic E-state index is 0.0358. The Kier molecular flexibility index (Phi) is 7.95. The van der Waals surface area contributed by atoms with E-state index in [2.05, 4.69) is 0 Å². The lowest BCUT2D eigenvalue weighted by atomic mass is 10.0. The summed E-state index contributed by atoms with van der Waals surface area (Å²) in [5.74, 6) is -0.129. The predicted octanol–water partition coefficient (Wildman–Crippen LogP) is 1.50. The second-order valence-electron chi connectivity index (χ2n) is 5.73. The maximum Gasteiger partial charge on any atom is 0.312 e. The van der Waals surface area contributed by atoms with Crippen molar-refractivity contribution < 1.29 is 24.5 Å². The van der Waals surface area contributed by atoms with Crippen LogP contribution in [0.15, 0.2) is 54.6 Å². The van der Waals surface area contributed by atoms with Crippen molar-refractivity contribution in [1.29, 1.82) is 0 Å². The number of benzene rings is 2. The van der Waals surface area contributed by atoms with E-state index in [-0.39, 0.29) is 25.4 Å². The van der Waals surface area contributed by atoms with Crippen LogP contribution in [0, 0.1) is 0 Å². The van der Waals surface area contributed by atoms with E-state index in [0.29, 0.717) is 36.5 Å². The quantitative estimate of drug-likeness (QED) is 0.381. The van der Waals surface area contributed by atoms with Crippen molar-refractivity contribution in [3.8, 4) is 5.75 Å². The number of rotatable bonds is 10. The molecule has 2 N–H and O–H groups in total. The number of aliphatic hydroxyl groups excluding tert-OH is 2. The van der Waals surface area contributed by atoms with Crippen LogP contribution < -0.4 is 4.74 Å². The van der Waals surface area contributed by atoms with Crippen LogP contribution in [0.2, 0.25) is 0 Å². The van der Waals surface area contributed by atoms with E-state index in [1.54, 1.807) is 53.4 Å². The highest BCUT2D eigenvalue weighted by atomic mass is 16.5. The third-order valence-electron chi connectivity index (χ3n) is 3.85. The summed E-state index contributed by atoms with van der Waals surface area (Å²) in [5, 5.41) is 17.9. The highest BCUT2D eigenvalue weighted by Crippen LogP contribution is 2.16. The van der Waals surface area contributed by atoms with Crippen molar-refractivity contribution in [3.05, 3.63) is 65.7 Å². The van der Waals surface area contributed by atoms with Crippen LogP contribution in [0.1, 0.15) is 22.3 Å². The second-order valence-corrected chi connectivity index (χ2v) is 5.73. The normalized spacial score (nSPS) is 10.7. The molecular formula is C20H23NO5. The largest absolute Gasteiger partial charge is 0.426 e. The third-order valence-corrected chi connectivity index (χ3v) is 3.85. The average molecular weight is 357 g/mol. The van der Waals surface area contributed by atoms with Gasteiger partial charge in [0, 0.05) is 30.8 Å². The fourth-order valence-corrected chi connectivity index (χ4v) is 2.48. The maximum atomic E-state index is 12.3. The number of nitrogens with zero attached hydrogens (tertiary/aromatic N) is 1. The van der Waals surface area contributed by atoms with E-state index in [1.807, 2.05) is 6.07 Å². The predicted molar refractivity (Wildman–Crippen MR) is 97.2 cm³/mol. The Balaban J connectivity index is 1.88. The molecule has 138 valence electrons. The van der Waals surface area contributed by atoms with E-state index in [9.17, 15) is 9.59 Å². The molecule has 0 saturated carbocycles. The van der Waals surface area contributed by atoms with Gasteiger partial charge < -0.3 is 14.9 Å². The maximum absolute atomic E-state index is 12.3. The average Bonchev–Trinajstić information content (AvgIpc) is 2.67. The Labute approximate surface area is 152 Å². The Morgan fingerprint density at radius 2 is 1.38 bits per heavy atom. The zero-order valence-corrected chi connectivity index (χ0v) is 14.5. The summed E-state index contributed by atoms with van der Waals surface area (Å²) >= 11 is 0. The molecule has 0 radical (unpaired) electrons. The van der Waals surface area contributed by atoms with Crippen molar-refractivity contribution in [1.82, 2.24) is 4.90 Å². The number of carbonyl (C=O) groups excluding carboxylic acids is 2. The summed E-state index contributed by atoms with van der Waals surface area (Å²) in [6, 6.07) is 15.4. The number of hydrogen-bond donors (Lipinski definition) is 2. The van der Waals surface area contributed by atoms with Gasteiger partial charge in [-0.15, -0.1) is 0 Å². The van der Waals surface area contributed by atoms with E-state index in [1.165, 1.54) is 0 Å². The van der Waals surface area contributed by atoms with E-state index in [4.69, 9.17) is 14.9 Å². The Hall–Kier alpha value is -2.54. The van der Waals surface area contributed by atoms with Gasteiger partial charge in [-0.05, 0) is 24.3 Å². The van der Waals surface area contributed by atoms with Crippen LogP contribution in [0.3, 0.4) is 0 Å². The molecule has 0 aliphatic carbocycles. The highest BCUT2D eigenvalue weighted by Gasteiger charge is 2.11. The summed E-state index contributed by atoms with van der Waals surface area (Å²) < 4.78 is 5.26. The molecule has 26 heavy (non-hydrogen) atoms. The van der Waals surface area contributed by atoms with Crippen molar-refractivity contribution in [2.24, 2.45) is 0 Å². The van der Waals surface area contributed by atoms with Crippen LogP contribution in [0.5, 0.6) is 5.75 Å². The number of ketones is 1. The molecule has 0 bridgehead atoms. The lowest BCUT2D eigenvalue weighted by Gasteiger charge is -2.19. The van der Waals surface area contributed by atoms with Crippen LogP contribution >= 0.6 is 0 Å². The molecule has 0 heterocycles. The first-order valence-electron chi connectivity index (χ1n) is 8.48. The van der Waals surface area contributed by atoms with E-state index >= 15 is 0 Å². The van der Waals surface area contributed by atoms with Crippen molar-refractivity contribution in [2.75, 3.05) is 32.8 Å². The zero-order valence-electron chi connectivity index (χ0n) is 14.5. The number of ether oxygens (including phenoxy) is 1. The third kappa shape index (κ3) is 6.07. The molecule has 6 nitrogen and oxygen atoms in total. The van der Waals surface area contributed by atoms with Gasteiger partial charge in [-0.25, -0.2) is 0 Å². The van der Waals surface area contributed by atoms with Crippen LogP contribution in [-0.4, -0.2) is 59.7 Å². The first-order valence-corrected chi connectivity index (χ1v) is 8.48. The van der Waals surface area contributed by atoms with Gasteiger partial charge in [0.25, 0.3) is 0 Å². The van der Waals surface area contributed by atoms with Crippen LogP contribution in [0.4, 0.5) is 0 Å². The standard InChI is InChI=1S/C20H23NO5/c22-14-12-21(13-15-23)11-10-19(24)26-18-8-6-17(7-9-18)20(25)16-4-2-1-3-5-16/h1-9,22-23H,10-15H2. The summed E-state index contributed by atoms with van der Waals surface area (Å²) in [6.07, 6.45) is 0.144. The first-order chi connectivity index (χ1) is 12.6. The fourth-order valence-electron chi connectivity index (χ4n) is 2.48. The summed E-state index contributed by atoms with van der Waals surface area (Å²) in [6.45, 7) is 1.11. The second kappa shape index (κ2) is 10.5. The SMILES string of the molecule is O=C(CCN(CCO)CCO)Oc1ccc(C(=O)c2ccccc2)cc1. The smallest absolute Gasteiger partial charge is 0.312 e. The lowest BCUT2D eigenvalue weighted by Crippen LogP contribution is -2.32. The van der Waals surface area contributed by atoms with Crippen molar-refractivity contribution in [3.63, 3.8) is 0 Å². The number of carbonyl (C=O) groups is 2. The van der Waals surface area contributed by atoms with Gasteiger partial charge in [-0.1, -0.05) is 30.3 Å². The number of esters is 1. The first kappa shape index (κ1) is 19.8. The molecule has 0 aliphatic rings. The monoisotopic (exact) mass is 357 g/mol. The highest BCUT2D eigenvalue weighted by molar-refractivity contribution is 6.09. The molecule has 0 atom stereocenters. The number of hydrogen-bond acceptors (Lipinski definition) is 6. The zero-order chi connectivity index (χ0) is 18.8. The molecule has 2 aromatic rings. The molecule has 6 heteroatoms. The van der Waals surface area contributed by atoms with Gasteiger partial charge in [0.05, 0.1) is 19.6 Å². The topological polar surface area (TPSA) is 87.1 Å². The van der Waals surface area contributed by atoms with Crippen LogP contribution in [0.25, 0.3) is 0 Å². The van der Waals surface area contributed by atoms with Gasteiger partial charge in [0.1, 0.15) is 5.75 Å². The van der Waals surface area contributed by atoms with Gasteiger partial charge in [0.15, 0.2) is 5.78 Å². The van der Waals surface area contributed by atoms with Gasteiger partial charge in [0.2, 0.25) is 0 Å². The van der Waals surface area contributed by atoms with E-state index in [0.717, 1.165) is 0 Å². The molecule has 0 aromatic heterocycles. The van der Waals surface area contributed by atoms with Gasteiger partial charge >= 0.3 is 5.97 Å². The minimum atomic E-state index is -0.409. The molecule has 2 rings (SSSR count). The van der Waals surface area contributed by atoms with Crippen molar-refractivity contribution in [2.45, 2.75) is 6.42 Å². The summed E-state index contributed by atoms with van der Waals surface area (Å²) in [7, 11) is 0. The van der Waals surface area contributed by atoms with Gasteiger partial charge in [-0.3, -0.25) is 14.5 Å². The molecule has 0 spiro atoms. The molecule has 0 fully saturated rings. The number of aliphatic hydroxyl groups is 2. The summed E-state index contributed by atoms with van der Waals surface area (Å²) in [5.41, 5.74) is 1.12. The fraction of sp³-hybridized carbons (Fsp3) is 0.300. The van der Waals surface area contributed by atoms with E-state index < -0.39 is 5.97 Å². The lowest BCUT2D eigenvalue weighted by molar-refractivity contribution is -0.134. The summed E-state index contributed by atoms with van der Waals surface area (Å²) in [4.78, 5) is 26.0. The van der Waals surface area contributed by atoms with Crippen LogP contribution in [-0.2, 0) is 4.79 Å². The molecule has 0 saturated heterocycles. The molecule has 2 aromatic carbocycles. The molecule has 0 amide bonds. The molecular weight excluding hydrogens is 334 g/mol. The molecule has 0 aliphatic heterocycles. The van der Waals surface area contributed by atoms with Gasteiger partial charge in [-0.2, -0.15) is 0 Å².